The van der Waals surface area contributed by atoms with Gasteiger partial charge in [-0.25, -0.2) is 5.26 Å². The third-order valence-corrected chi connectivity index (χ3v) is 10.7. The van der Waals surface area contributed by atoms with Crippen LogP contribution >= 0.6 is 0 Å². The lowest BCUT2D eigenvalue weighted by atomic mass is 9.91. The van der Waals surface area contributed by atoms with Crippen molar-refractivity contribution in [1.82, 2.24) is 0 Å². The van der Waals surface area contributed by atoms with Crippen molar-refractivity contribution in [1.29, 1.82) is 15.8 Å². The summed E-state index contributed by atoms with van der Waals surface area (Å²) < 4.78 is 251. The Morgan fingerprint density at radius 3 is 1.07 bits per heavy atom. The van der Waals surface area contributed by atoms with Crippen LogP contribution < -0.4 is 0 Å². The number of carbonyl (C=O) groups is 3. The number of aliphatic hydroxyl groups is 1. The van der Waals surface area contributed by atoms with E-state index in [-0.39, 0.29) is 40.9 Å². The van der Waals surface area contributed by atoms with Gasteiger partial charge < -0.3 is 17.5 Å². The monoisotopic (exact) mass is 1100 g/mol. The highest BCUT2D eigenvalue weighted by molar-refractivity contribution is 6.43. The van der Waals surface area contributed by atoms with Gasteiger partial charge in [0.05, 0.1) is 61.6 Å². The fourth-order valence-corrected chi connectivity index (χ4v) is 7.66. The Labute approximate surface area is 415 Å². The first-order valence-electron chi connectivity index (χ1n) is 19.8. The van der Waals surface area contributed by atoms with E-state index in [1.165, 1.54) is 26.6 Å². The molecule has 0 heterocycles. The lowest BCUT2D eigenvalue weighted by molar-refractivity contribution is -0.145. The van der Waals surface area contributed by atoms with Gasteiger partial charge in [-0.3, -0.25) is 9.59 Å². The molecule has 3 rings (SSSR count). The number of nitrogens with zero attached hydrogens (tertiary/aromatic N) is 3. The lowest BCUT2D eigenvalue weighted by Gasteiger charge is -2.21. The first kappa shape index (κ1) is 69.3. The fraction of sp³-hybridized carbons (Fsp3) is 0.348. The topological polar surface area (TPSA) is 161 Å². The van der Waals surface area contributed by atoms with Gasteiger partial charge in [0.2, 0.25) is 0 Å². The first-order chi connectivity index (χ1) is 33.6. The molecule has 0 amide bonds. The average Bonchev–Trinajstić information content (AvgIpc) is 3.25. The first-order valence-corrected chi connectivity index (χ1v) is 21.9. The molecular weight excluding hydrogens is 1060 g/mol. The van der Waals surface area contributed by atoms with Gasteiger partial charge in [0.25, 0.3) is 0 Å². The predicted molar refractivity (Wildman–Crippen MR) is 230 cm³/mol. The van der Waals surface area contributed by atoms with Crippen molar-refractivity contribution in [2.24, 2.45) is 0 Å². The molecular formula is C46H40AlF18N3O6. The van der Waals surface area contributed by atoms with Crippen LogP contribution in [-0.4, -0.2) is 45.4 Å². The van der Waals surface area contributed by atoms with Crippen molar-refractivity contribution in [3.63, 3.8) is 0 Å². The van der Waals surface area contributed by atoms with Crippen molar-refractivity contribution in [2.75, 3.05) is 7.11 Å². The average molecular weight is 1100 g/mol. The fourth-order valence-electron chi connectivity index (χ4n) is 6.31. The molecule has 74 heavy (non-hydrogen) atoms. The number of carbonyl (C=O) groups excluding carboxylic acids is 3. The number of aldehydes is 2. The molecule has 3 aromatic carbocycles. The minimum absolute atomic E-state index is 0.111. The molecule has 28 heteroatoms. The molecule has 0 bridgehead atoms. The minimum atomic E-state index is -5.43. The van der Waals surface area contributed by atoms with Crippen LogP contribution in [0.4, 0.5) is 79.0 Å². The maximum absolute atomic E-state index is 13.5. The van der Waals surface area contributed by atoms with Gasteiger partial charge >= 0.3 is 51.9 Å². The third kappa shape index (κ3) is 18.9. The maximum Gasteiger partial charge on any atom is 0.853 e. The summed E-state index contributed by atoms with van der Waals surface area (Å²) in [6.45, 7) is 12.9. The summed E-state index contributed by atoms with van der Waals surface area (Å²) in [5.41, 5.74) is -17.5. The molecule has 0 aliphatic rings. The smallest absolute Gasteiger partial charge is 0.615 e. The number of nitriles is 3. The van der Waals surface area contributed by atoms with E-state index in [1.54, 1.807) is 0 Å². The molecule has 0 radical (unpaired) electrons. The third-order valence-electron chi connectivity index (χ3n) is 9.34. The molecule has 0 aromatic heterocycles. The zero-order valence-corrected chi connectivity index (χ0v) is 41.1. The second-order valence-corrected chi connectivity index (χ2v) is 16.1. The van der Waals surface area contributed by atoms with E-state index in [1.807, 2.05) is 0 Å². The lowest BCUT2D eigenvalue weighted by Crippen LogP contribution is -2.19. The standard InChI is InChI=1S/C15H14F6O.C13H7F6NO2.C13H9F6NO.C2H4O.CHN.CH4O.CH3.Al/c1-7(2)13(9(4)22)10-5-11(14(16,17)18)8(3)12(6-10)15(19,20)21;1-6(22)9(5-21)7-2-10(12(14,15)16)8(4-20)11(3-7)13(17,18)19;1-6(7(2)21)8-3-10(12(14,15)16)9(5-20)11(4-8)13(17,18)19;1-2-3;2*1-2;;/h5-6H,1-4H3;2-3,5,22H,1H3;3-4,21H,1-2H3;2H,1H3;1H;2H,1H3;1H3;/q;;;;;;;+2/p-2/b;9-6+;7-6+;;;;;. The van der Waals surface area contributed by atoms with Crippen LogP contribution in [-0.2, 0) is 59.0 Å². The van der Waals surface area contributed by atoms with E-state index in [9.17, 15) is 88.6 Å². The summed E-state index contributed by atoms with van der Waals surface area (Å²) in [4.78, 5) is 32.2. The molecule has 0 spiro atoms. The van der Waals surface area contributed by atoms with Crippen LogP contribution in [0.15, 0.2) is 53.5 Å². The van der Waals surface area contributed by atoms with Gasteiger partial charge in [-0.05, 0) is 125 Å². The summed E-state index contributed by atoms with van der Waals surface area (Å²) >= 11 is -3.17. The summed E-state index contributed by atoms with van der Waals surface area (Å²) in [6.07, 6.45) is -30.8. The second kappa shape index (κ2) is 27.5. The molecule has 0 saturated heterocycles. The van der Waals surface area contributed by atoms with Crippen molar-refractivity contribution in [2.45, 2.75) is 98.2 Å². The molecule has 0 fully saturated rings. The van der Waals surface area contributed by atoms with Gasteiger partial charge in [0.1, 0.15) is 18.4 Å². The normalized spacial score (nSPS) is 12.2. The number of ketones is 1. The molecule has 0 atom stereocenters. The number of benzene rings is 3. The zero-order valence-electron chi connectivity index (χ0n) is 39.9. The Morgan fingerprint density at radius 1 is 0.554 bits per heavy atom. The summed E-state index contributed by atoms with van der Waals surface area (Å²) in [5.74, 6) is -0.175. The molecule has 0 unspecified atom stereocenters. The van der Waals surface area contributed by atoms with Gasteiger partial charge in [-0.2, -0.15) is 89.6 Å². The minimum Gasteiger partial charge on any atom is -0.615 e. The SMILES string of the molecule is C#N.C/C([O][Al]([CH3])[O]/C(C)=C(\C)c1cc(C(F)(F)F)c(C#N)c(C(F)(F)F)c1)=C(/C=O)c1cc(C(F)(F)F)c(C#N)c(C(F)(F)F)c1.CC(=O)C(=C(C)C)c1cc(C(F)(F)F)c(C)c(C(F)(F)F)c1.CC=O.CO. The number of halogens is 18. The zero-order chi connectivity index (χ0) is 59.0. The Kier molecular flexibility index (Phi) is 25.7. The largest absolute Gasteiger partial charge is 0.853 e. The predicted octanol–water partition coefficient (Wildman–Crippen LogP) is 14.4. The van der Waals surface area contributed by atoms with Crippen LogP contribution in [0.3, 0.4) is 0 Å². The molecule has 404 valence electrons. The van der Waals surface area contributed by atoms with Gasteiger partial charge in [0, 0.05) is 19.3 Å². The van der Waals surface area contributed by atoms with E-state index in [0.717, 1.165) is 60.2 Å². The Balaban J connectivity index is 0. The number of hydrogen-bond donors (Lipinski definition) is 1. The van der Waals surface area contributed by atoms with Gasteiger partial charge in [0.15, 0.2) is 12.1 Å². The van der Waals surface area contributed by atoms with Crippen LogP contribution in [0.5, 0.6) is 0 Å². The molecule has 1 N–H and O–H groups in total. The van der Waals surface area contributed by atoms with Crippen molar-refractivity contribution in [3.8, 4) is 18.7 Å². The second-order valence-electron chi connectivity index (χ2n) is 14.5. The van der Waals surface area contributed by atoms with Crippen molar-refractivity contribution in [3.05, 3.63) is 120 Å². The van der Waals surface area contributed by atoms with E-state index < -0.39 is 130 Å². The number of alkyl halides is 18. The van der Waals surface area contributed by atoms with Crippen LogP contribution in [0.1, 0.15) is 115 Å². The van der Waals surface area contributed by atoms with Crippen LogP contribution in [0, 0.1) is 41.4 Å². The highest BCUT2D eigenvalue weighted by atomic mass is 27.2. The van der Waals surface area contributed by atoms with Crippen molar-refractivity contribution >= 4 is 49.9 Å². The van der Waals surface area contributed by atoms with Crippen LogP contribution in [0.25, 0.3) is 16.7 Å². The van der Waals surface area contributed by atoms with Gasteiger partial charge in [-0.15, -0.1) is 0 Å². The number of allylic oxidation sites excluding steroid dienone is 6. The number of aliphatic hydroxyl groups excluding tert-OH is 1. The summed E-state index contributed by atoms with van der Waals surface area (Å²) in [6, 6.07) is 3.86. The highest BCUT2D eigenvalue weighted by Crippen LogP contribution is 2.44. The highest BCUT2D eigenvalue weighted by Gasteiger charge is 2.44. The van der Waals surface area contributed by atoms with E-state index >= 15 is 0 Å². The Morgan fingerprint density at radius 2 is 0.824 bits per heavy atom. The quantitative estimate of drug-likeness (QED) is 0.0723. The molecule has 0 aliphatic carbocycles. The molecule has 0 saturated carbocycles. The van der Waals surface area contributed by atoms with Crippen molar-refractivity contribution < 1.29 is 106 Å². The van der Waals surface area contributed by atoms with E-state index in [4.69, 9.17) is 33.3 Å². The Bertz CT molecular complexity index is 2600. The Hall–Kier alpha value is -6.81. The number of hydrogen-bond acceptors (Lipinski definition) is 9. The summed E-state index contributed by atoms with van der Waals surface area (Å²) in [7, 11) is 1.00. The number of rotatable bonds is 9. The van der Waals surface area contributed by atoms with Crippen LogP contribution in [0.2, 0.25) is 5.79 Å². The van der Waals surface area contributed by atoms with E-state index in [0.29, 0.717) is 29.8 Å². The molecule has 9 nitrogen and oxygen atoms in total. The molecule has 0 aliphatic heterocycles. The summed E-state index contributed by atoms with van der Waals surface area (Å²) in [5, 5.41) is 31.5. The van der Waals surface area contributed by atoms with Gasteiger partial charge in [-0.1, -0.05) is 5.57 Å². The molecule has 3 aromatic rings. The number of Topliss-reactive ketones (excluding diaryl/α,β-unsaturated/α-hetero) is 1. The maximum atomic E-state index is 13.5. The van der Waals surface area contributed by atoms with E-state index in [2.05, 4.69) is 6.57 Å².